The van der Waals surface area contributed by atoms with Gasteiger partial charge in [-0.05, 0) is 87.4 Å². The van der Waals surface area contributed by atoms with Crippen molar-refractivity contribution in [1.82, 2.24) is 0 Å². The van der Waals surface area contributed by atoms with Crippen LogP contribution in [0.1, 0.15) is 64.7 Å². The molecule has 0 aliphatic heterocycles. The second kappa shape index (κ2) is 6.20. The molecule has 0 radical (unpaired) electrons. The second-order valence-corrected chi connectivity index (χ2v) is 10.4. The summed E-state index contributed by atoms with van der Waals surface area (Å²) in [5, 5.41) is 10.0. The second-order valence-electron chi connectivity index (χ2n) is 9.38. The van der Waals surface area contributed by atoms with Crippen LogP contribution < -0.4 is 0 Å². The molecule has 4 aliphatic carbocycles. The van der Waals surface area contributed by atoms with Gasteiger partial charge in [0.05, 0.1) is 6.10 Å². The Morgan fingerprint density at radius 1 is 1.04 bits per heavy atom. The zero-order chi connectivity index (χ0) is 18.7. The first-order valence-corrected chi connectivity index (χ1v) is 11.4. The van der Waals surface area contributed by atoms with Gasteiger partial charge >= 0.3 is 10.4 Å². The SMILES string of the molecule is C#C[C@]1(OS(=O)(=O)O)CC[C@H]2[C@@H]3CC[C@@H]4C[C@H](O)CC[C@@H]4[C@H]3CC[C@@]21C. The molecule has 5 nitrogen and oxygen atoms in total. The zero-order valence-corrected chi connectivity index (χ0v) is 16.2. The average molecular weight is 383 g/mol. The summed E-state index contributed by atoms with van der Waals surface area (Å²) < 4.78 is 37.5. The maximum absolute atomic E-state index is 11.5. The van der Waals surface area contributed by atoms with E-state index in [1.54, 1.807) is 0 Å². The number of aliphatic hydroxyl groups excluding tert-OH is 1. The lowest BCUT2D eigenvalue weighted by Crippen LogP contribution is -2.54. The first-order chi connectivity index (χ1) is 12.2. The third-order valence-corrected chi connectivity index (χ3v) is 9.02. The van der Waals surface area contributed by atoms with E-state index in [0.717, 1.165) is 51.4 Å². The van der Waals surface area contributed by atoms with Crippen molar-refractivity contribution in [2.45, 2.75) is 76.4 Å². The van der Waals surface area contributed by atoms with Crippen molar-refractivity contribution in [3.05, 3.63) is 0 Å². The van der Waals surface area contributed by atoms with E-state index >= 15 is 0 Å². The van der Waals surface area contributed by atoms with Gasteiger partial charge in [-0.15, -0.1) is 6.42 Å². The molecule has 0 spiro atoms. The largest absolute Gasteiger partial charge is 0.398 e. The van der Waals surface area contributed by atoms with Crippen molar-refractivity contribution in [2.75, 3.05) is 0 Å². The molecule has 8 atom stereocenters. The molecule has 6 heteroatoms. The molecule has 4 rings (SSSR count). The van der Waals surface area contributed by atoms with Gasteiger partial charge in [-0.1, -0.05) is 12.8 Å². The topological polar surface area (TPSA) is 83.8 Å². The third-order valence-electron chi connectivity index (χ3n) is 8.53. The summed E-state index contributed by atoms with van der Waals surface area (Å²) >= 11 is 0. The molecule has 4 aliphatic rings. The zero-order valence-electron chi connectivity index (χ0n) is 15.4. The summed E-state index contributed by atoms with van der Waals surface area (Å²) in [6.45, 7) is 2.07. The van der Waals surface area contributed by atoms with Crippen LogP contribution >= 0.6 is 0 Å². The fourth-order valence-corrected chi connectivity index (χ4v) is 8.09. The first kappa shape index (κ1) is 18.7. The van der Waals surface area contributed by atoms with Gasteiger partial charge in [-0.2, -0.15) is 8.42 Å². The van der Waals surface area contributed by atoms with Crippen molar-refractivity contribution in [1.29, 1.82) is 0 Å². The van der Waals surface area contributed by atoms with Gasteiger partial charge in [-0.25, -0.2) is 4.18 Å². The molecule has 0 saturated heterocycles. The van der Waals surface area contributed by atoms with E-state index in [-0.39, 0.29) is 6.10 Å². The van der Waals surface area contributed by atoms with E-state index in [1.807, 2.05) is 0 Å². The predicted octanol–water partition coefficient (Wildman–Crippen LogP) is 3.19. The average Bonchev–Trinajstić information content (AvgIpc) is 2.86. The van der Waals surface area contributed by atoms with Gasteiger partial charge < -0.3 is 5.11 Å². The van der Waals surface area contributed by atoms with Gasteiger partial charge in [0.1, 0.15) is 0 Å². The highest BCUT2D eigenvalue weighted by Crippen LogP contribution is 2.66. The minimum Gasteiger partial charge on any atom is -0.393 e. The molecule has 0 aromatic rings. The summed E-state index contributed by atoms with van der Waals surface area (Å²) in [6.07, 6.45) is 14.1. The molecule has 0 aromatic carbocycles. The summed E-state index contributed by atoms with van der Waals surface area (Å²) in [7, 11) is -4.59. The Morgan fingerprint density at radius 3 is 2.46 bits per heavy atom. The lowest BCUT2D eigenvalue weighted by molar-refractivity contribution is -0.104. The van der Waals surface area contributed by atoms with Crippen LogP contribution in [0, 0.1) is 47.3 Å². The molecular formula is C20H30O5S. The summed E-state index contributed by atoms with van der Waals surface area (Å²) in [6, 6.07) is 0. The number of terminal acetylenes is 1. The van der Waals surface area contributed by atoms with Crippen LogP contribution in [-0.2, 0) is 14.6 Å². The van der Waals surface area contributed by atoms with E-state index in [0.29, 0.717) is 36.0 Å². The van der Waals surface area contributed by atoms with Crippen molar-refractivity contribution in [3.63, 3.8) is 0 Å². The molecule has 0 amide bonds. The predicted molar refractivity (Wildman–Crippen MR) is 97.3 cm³/mol. The van der Waals surface area contributed by atoms with Crippen LogP contribution in [0.15, 0.2) is 0 Å². The Labute approximate surface area is 156 Å². The summed E-state index contributed by atoms with van der Waals surface area (Å²) in [5.41, 5.74) is -1.64. The number of rotatable bonds is 2. The van der Waals surface area contributed by atoms with E-state index in [1.165, 1.54) is 0 Å². The Kier molecular flexibility index (Phi) is 4.47. The smallest absolute Gasteiger partial charge is 0.393 e. The highest BCUT2D eigenvalue weighted by molar-refractivity contribution is 7.80. The molecule has 0 unspecified atom stereocenters. The van der Waals surface area contributed by atoms with Crippen LogP contribution in [-0.4, -0.2) is 29.8 Å². The Morgan fingerprint density at radius 2 is 1.77 bits per heavy atom. The molecule has 0 aromatic heterocycles. The van der Waals surface area contributed by atoms with Crippen molar-refractivity contribution in [2.24, 2.45) is 35.0 Å². The van der Waals surface area contributed by atoms with Gasteiger partial charge in [-0.3, -0.25) is 4.55 Å². The third kappa shape index (κ3) is 2.74. The van der Waals surface area contributed by atoms with Gasteiger partial charge in [0.2, 0.25) is 0 Å². The molecule has 0 heterocycles. The molecule has 0 bridgehead atoms. The Hall–Kier alpha value is -0.610. The highest BCUT2D eigenvalue weighted by atomic mass is 32.3. The fraction of sp³-hybridized carbons (Fsp3) is 0.900. The molecule has 4 fully saturated rings. The maximum Gasteiger partial charge on any atom is 0.398 e. The first-order valence-electron chi connectivity index (χ1n) is 10.0. The molecular weight excluding hydrogens is 352 g/mol. The standard InChI is InChI=1S/C20H30O5S/c1-3-20(25-26(22,23)24)11-9-18-17-6-4-13-12-14(21)5-7-15(13)16(17)8-10-19(18,20)2/h1,13-18,21H,4-12H2,2H3,(H,22,23,24)/t13-,14-,15+,16-,17-,18+,19+,20+/m1/s1. The molecule has 146 valence electrons. The molecule has 4 saturated carbocycles. The van der Waals surface area contributed by atoms with Crippen LogP contribution in [0.3, 0.4) is 0 Å². The van der Waals surface area contributed by atoms with E-state index in [4.69, 9.17) is 10.6 Å². The monoisotopic (exact) mass is 382 g/mol. The summed E-state index contributed by atoms with van der Waals surface area (Å²) in [5.74, 6) is 5.50. The van der Waals surface area contributed by atoms with Crippen LogP contribution in [0.25, 0.3) is 0 Å². The van der Waals surface area contributed by atoms with Crippen LogP contribution in [0.2, 0.25) is 0 Å². The number of hydrogen-bond acceptors (Lipinski definition) is 4. The van der Waals surface area contributed by atoms with E-state index in [2.05, 4.69) is 12.8 Å². The number of hydrogen-bond donors (Lipinski definition) is 2. The lowest BCUT2D eigenvalue weighted by Gasteiger charge is -2.56. The van der Waals surface area contributed by atoms with E-state index < -0.39 is 21.4 Å². The fourth-order valence-electron chi connectivity index (χ4n) is 7.40. The van der Waals surface area contributed by atoms with Crippen LogP contribution in [0.5, 0.6) is 0 Å². The van der Waals surface area contributed by atoms with Crippen molar-refractivity contribution in [3.8, 4) is 12.3 Å². The van der Waals surface area contributed by atoms with Crippen molar-refractivity contribution >= 4 is 10.4 Å². The van der Waals surface area contributed by atoms with E-state index in [9.17, 15) is 18.1 Å². The highest BCUT2D eigenvalue weighted by Gasteiger charge is 2.64. The Bertz CT molecular complexity index is 712. The molecule has 26 heavy (non-hydrogen) atoms. The minimum absolute atomic E-state index is 0.134. The number of fused-ring (bicyclic) bond motifs is 5. The van der Waals surface area contributed by atoms with Gasteiger partial charge in [0.15, 0.2) is 5.60 Å². The number of aliphatic hydroxyl groups is 1. The molecule has 2 N–H and O–H groups in total. The van der Waals surface area contributed by atoms with Crippen LogP contribution in [0.4, 0.5) is 0 Å². The quantitative estimate of drug-likeness (QED) is 0.566. The van der Waals surface area contributed by atoms with Crippen molar-refractivity contribution < 1.29 is 22.3 Å². The van der Waals surface area contributed by atoms with Gasteiger partial charge in [0, 0.05) is 5.41 Å². The lowest BCUT2D eigenvalue weighted by atomic mass is 9.49. The van der Waals surface area contributed by atoms with Gasteiger partial charge in [0.25, 0.3) is 0 Å². The minimum atomic E-state index is -4.59. The maximum atomic E-state index is 11.5. The normalized spacial score (nSPS) is 51.0. The summed E-state index contributed by atoms with van der Waals surface area (Å²) in [4.78, 5) is 0. The Balaban J connectivity index is 1.61.